The fraction of sp³-hybridized carbons (Fsp3) is 0.308. The monoisotopic (exact) mass is 292 g/mol. The Morgan fingerprint density at radius 1 is 1.40 bits per heavy atom. The van der Waals surface area contributed by atoms with E-state index in [1.165, 1.54) is 0 Å². The molecule has 1 N–H and O–H groups in total. The number of fused-ring (bicyclic) bond motifs is 1. The summed E-state index contributed by atoms with van der Waals surface area (Å²) in [6, 6.07) is 7.85. The van der Waals surface area contributed by atoms with Crippen molar-refractivity contribution in [3.05, 3.63) is 35.7 Å². The predicted molar refractivity (Wildman–Crippen MR) is 71.0 cm³/mol. The van der Waals surface area contributed by atoms with Gasteiger partial charge in [0.15, 0.2) is 0 Å². The van der Waals surface area contributed by atoms with Gasteiger partial charge < -0.3 is 14.3 Å². The topological polar surface area (TPSA) is 85.5 Å². The first-order valence-electron chi connectivity index (χ1n) is 6.11. The number of carboxylic acids is 1. The van der Waals surface area contributed by atoms with Gasteiger partial charge in [0, 0.05) is 0 Å². The molecule has 3 rings (SSSR count). The van der Waals surface area contributed by atoms with E-state index in [1.54, 1.807) is 0 Å². The minimum atomic E-state index is -0.912. The number of carboxylic acid groups (broad SMARTS) is 1. The van der Waals surface area contributed by atoms with Crippen molar-refractivity contribution in [1.82, 2.24) is 10.2 Å². The average Bonchev–Trinajstić information content (AvgIpc) is 2.93. The van der Waals surface area contributed by atoms with E-state index < -0.39 is 5.97 Å². The van der Waals surface area contributed by atoms with Crippen LogP contribution in [0.1, 0.15) is 17.4 Å². The predicted octanol–water partition coefficient (Wildman–Crippen LogP) is 1.97. The van der Waals surface area contributed by atoms with Gasteiger partial charge in [-0.2, -0.15) is 0 Å². The number of nitrogens with zero attached hydrogens (tertiary/aromatic N) is 2. The molecule has 0 bridgehead atoms. The number of ether oxygens (including phenoxy) is 1. The first kappa shape index (κ1) is 13.0. The number of carbonyl (C=O) groups is 1. The lowest BCUT2D eigenvalue weighted by atomic mass is 9.97. The van der Waals surface area contributed by atoms with E-state index in [0.717, 1.165) is 29.5 Å². The Balaban J connectivity index is 1.70. The highest BCUT2D eigenvalue weighted by Gasteiger charge is 2.25. The number of benzene rings is 1. The van der Waals surface area contributed by atoms with Crippen LogP contribution in [0.15, 0.2) is 33.9 Å². The molecule has 1 unspecified atom stereocenters. The Labute approximate surface area is 119 Å². The summed E-state index contributed by atoms with van der Waals surface area (Å²) in [7, 11) is 0. The van der Waals surface area contributed by atoms with Crippen LogP contribution in [0.25, 0.3) is 0 Å². The van der Waals surface area contributed by atoms with Gasteiger partial charge in [0.2, 0.25) is 5.89 Å². The number of thioether (sulfide) groups is 1. The van der Waals surface area contributed by atoms with Gasteiger partial charge in [0.25, 0.3) is 5.22 Å². The molecule has 0 saturated heterocycles. The second kappa shape index (κ2) is 5.54. The van der Waals surface area contributed by atoms with Crippen molar-refractivity contribution < 1.29 is 19.1 Å². The Morgan fingerprint density at radius 3 is 3.10 bits per heavy atom. The Hall–Kier alpha value is -2.02. The number of aromatic nitrogens is 2. The maximum atomic E-state index is 10.5. The molecule has 2 heterocycles. The molecule has 0 spiro atoms. The molecule has 104 valence electrons. The smallest absolute Gasteiger partial charge is 0.314 e. The van der Waals surface area contributed by atoms with Crippen LogP contribution in [0, 0.1) is 0 Å². The fourth-order valence-corrected chi connectivity index (χ4v) is 2.54. The van der Waals surface area contributed by atoms with E-state index in [9.17, 15) is 4.79 Å². The summed E-state index contributed by atoms with van der Waals surface area (Å²) in [5.41, 5.74) is 1.11. The summed E-state index contributed by atoms with van der Waals surface area (Å²) in [6.07, 6.45) is 0.779. The molecule has 1 aliphatic heterocycles. The lowest BCUT2D eigenvalue weighted by Crippen LogP contribution is -2.19. The molecule has 0 amide bonds. The highest BCUT2D eigenvalue weighted by molar-refractivity contribution is 7.99. The Bertz CT molecular complexity index is 628. The van der Waals surface area contributed by atoms with Crippen molar-refractivity contribution in [2.75, 3.05) is 12.4 Å². The summed E-state index contributed by atoms with van der Waals surface area (Å²) in [5, 5.41) is 16.7. The van der Waals surface area contributed by atoms with Gasteiger partial charge in [-0.05, 0) is 18.1 Å². The van der Waals surface area contributed by atoms with Gasteiger partial charge in [-0.25, -0.2) is 0 Å². The zero-order valence-corrected chi connectivity index (χ0v) is 11.3. The summed E-state index contributed by atoms with van der Waals surface area (Å²) < 4.78 is 11.2. The Morgan fingerprint density at radius 2 is 2.25 bits per heavy atom. The second-order valence-electron chi connectivity index (χ2n) is 4.41. The zero-order valence-electron chi connectivity index (χ0n) is 10.5. The van der Waals surface area contributed by atoms with E-state index in [4.69, 9.17) is 14.3 Å². The summed E-state index contributed by atoms with van der Waals surface area (Å²) in [5.74, 6) is 0.392. The van der Waals surface area contributed by atoms with E-state index in [1.807, 2.05) is 24.3 Å². The van der Waals surface area contributed by atoms with Crippen LogP contribution in [-0.4, -0.2) is 33.6 Å². The van der Waals surface area contributed by atoms with Gasteiger partial charge in [0.05, 0.1) is 5.92 Å². The average molecular weight is 292 g/mol. The third-order valence-electron chi connectivity index (χ3n) is 2.97. The van der Waals surface area contributed by atoms with E-state index in [0.29, 0.717) is 12.5 Å². The van der Waals surface area contributed by atoms with Crippen molar-refractivity contribution in [3.63, 3.8) is 0 Å². The third kappa shape index (κ3) is 2.77. The molecule has 1 aliphatic rings. The molecule has 1 atom stereocenters. The normalized spacial score (nSPS) is 17.3. The van der Waals surface area contributed by atoms with Crippen molar-refractivity contribution >= 4 is 17.7 Å². The van der Waals surface area contributed by atoms with Gasteiger partial charge in [-0.1, -0.05) is 30.0 Å². The molecule has 7 heteroatoms. The van der Waals surface area contributed by atoms with Crippen LogP contribution in [-0.2, 0) is 11.2 Å². The van der Waals surface area contributed by atoms with Gasteiger partial charge in [-0.15, -0.1) is 10.2 Å². The molecule has 0 saturated carbocycles. The number of hydrogen-bond acceptors (Lipinski definition) is 6. The molecule has 6 nitrogen and oxygen atoms in total. The van der Waals surface area contributed by atoms with E-state index >= 15 is 0 Å². The van der Waals surface area contributed by atoms with Crippen LogP contribution in [0.3, 0.4) is 0 Å². The molecular weight excluding hydrogens is 280 g/mol. The maximum absolute atomic E-state index is 10.5. The van der Waals surface area contributed by atoms with Crippen LogP contribution in [0.5, 0.6) is 5.75 Å². The highest BCUT2D eigenvalue weighted by atomic mass is 32.2. The number of aliphatic carboxylic acids is 1. The molecule has 20 heavy (non-hydrogen) atoms. The molecule has 0 radical (unpaired) electrons. The van der Waals surface area contributed by atoms with Crippen LogP contribution >= 0.6 is 11.8 Å². The van der Waals surface area contributed by atoms with Crippen molar-refractivity contribution in [2.24, 2.45) is 0 Å². The maximum Gasteiger partial charge on any atom is 0.314 e. The zero-order chi connectivity index (χ0) is 13.9. The minimum absolute atomic E-state index is 0.0107. The van der Waals surface area contributed by atoms with Crippen LogP contribution in [0.4, 0.5) is 0 Å². The van der Waals surface area contributed by atoms with Crippen molar-refractivity contribution in [1.29, 1.82) is 0 Å². The van der Waals surface area contributed by atoms with Gasteiger partial charge in [0.1, 0.15) is 18.1 Å². The number of rotatable bonds is 4. The number of para-hydroxylation sites is 1. The van der Waals surface area contributed by atoms with E-state index in [-0.39, 0.29) is 16.9 Å². The van der Waals surface area contributed by atoms with Crippen molar-refractivity contribution in [2.45, 2.75) is 17.6 Å². The second-order valence-corrected chi connectivity index (χ2v) is 5.33. The minimum Gasteiger partial charge on any atom is -0.492 e. The SMILES string of the molecule is O=C(O)CSc1nnc(C2COc3ccccc3C2)o1. The summed E-state index contributed by atoms with van der Waals surface area (Å²) in [6.45, 7) is 0.488. The summed E-state index contributed by atoms with van der Waals surface area (Å²) >= 11 is 1.02. The van der Waals surface area contributed by atoms with Crippen LogP contribution in [0.2, 0.25) is 0 Å². The molecule has 0 fully saturated rings. The first-order valence-corrected chi connectivity index (χ1v) is 7.09. The molecule has 2 aromatic rings. The van der Waals surface area contributed by atoms with Gasteiger partial charge in [-0.3, -0.25) is 4.79 Å². The number of hydrogen-bond donors (Lipinski definition) is 1. The van der Waals surface area contributed by atoms with Gasteiger partial charge >= 0.3 is 5.97 Å². The lowest BCUT2D eigenvalue weighted by molar-refractivity contribution is -0.133. The Kier molecular flexibility index (Phi) is 3.60. The van der Waals surface area contributed by atoms with Crippen molar-refractivity contribution in [3.8, 4) is 5.75 Å². The standard InChI is InChI=1S/C13H12N2O4S/c16-11(17)7-20-13-15-14-12(19-13)9-5-8-3-1-2-4-10(8)18-6-9/h1-4,9H,5-7H2,(H,16,17). The highest BCUT2D eigenvalue weighted by Crippen LogP contribution is 2.32. The largest absolute Gasteiger partial charge is 0.492 e. The molecule has 0 aliphatic carbocycles. The fourth-order valence-electron chi connectivity index (χ4n) is 2.05. The van der Waals surface area contributed by atoms with E-state index in [2.05, 4.69) is 10.2 Å². The molecule has 1 aromatic heterocycles. The molecular formula is C13H12N2O4S. The first-order chi connectivity index (χ1) is 9.72. The van der Waals surface area contributed by atoms with Crippen LogP contribution < -0.4 is 4.74 Å². The third-order valence-corrected chi connectivity index (χ3v) is 3.77. The lowest BCUT2D eigenvalue weighted by Gasteiger charge is -2.22. The molecule has 1 aromatic carbocycles. The quantitative estimate of drug-likeness (QED) is 0.862. The summed E-state index contributed by atoms with van der Waals surface area (Å²) in [4.78, 5) is 10.5.